The summed E-state index contributed by atoms with van der Waals surface area (Å²) in [5.41, 5.74) is 1.15. The lowest BCUT2D eigenvalue weighted by atomic mass is 9.86. The van der Waals surface area contributed by atoms with Gasteiger partial charge in [0.05, 0.1) is 16.7 Å². The molecule has 10 nitrogen and oxygen atoms in total. The molecular weight excluding hydrogens is 486 g/mol. The number of sulfonamides is 1. The molecule has 0 aliphatic rings. The number of nitrogens with one attached hydrogen (secondary N) is 2. The van der Waals surface area contributed by atoms with Gasteiger partial charge in [-0.25, -0.2) is 13.2 Å². The van der Waals surface area contributed by atoms with Crippen LogP contribution in [-0.4, -0.2) is 37.3 Å². The van der Waals surface area contributed by atoms with Gasteiger partial charge in [-0.05, 0) is 36.5 Å². The molecule has 0 bridgehead atoms. The van der Waals surface area contributed by atoms with Gasteiger partial charge in [0.15, 0.2) is 4.90 Å². The maximum absolute atomic E-state index is 12.8. The van der Waals surface area contributed by atoms with Crippen LogP contribution in [-0.2, 0) is 36.2 Å². The zero-order chi connectivity index (χ0) is 27.3. The number of carbonyl (C=O) groups is 2. The molecule has 0 spiro atoms. The predicted octanol–water partition coefficient (Wildman–Crippen LogP) is 3.36. The Hall–Kier alpha value is -3.57. The second kappa shape index (κ2) is 11.4. The average Bonchev–Trinajstić information content (AvgIpc) is 2.77. The standard InChI is InChI=1S/C25H31N3O7S/c1-16(2)35-24(30)20(15-18-11-13-19(14-12-18)25(4,5)6)26-23(29)17(3)27-36(33,34)22-10-8-7-9-21(22)28(31)32/h7-14,17,20,27H,1,15H2,2-6H3,(H,26,29)/t17-,20-/m0/s1. The number of amides is 1. The van der Waals surface area contributed by atoms with Crippen LogP contribution in [0.1, 0.15) is 45.7 Å². The first-order valence-corrected chi connectivity index (χ1v) is 12.6. The molecule has 0 unspecified atom stereocenters. The minimum atomic E-state index is -4.42. The number of nitro groups is 1. The molecule has 0 heterocycles. The molecule has 0 fully saturated rings. The second-order valence-corrected chi connectivity index (χ2v) is 11.1. The minimum Gasteiger partial charge on any atom is -0.430 e. The van der Waals surface area contributed by atoms with Crippen molar-refractivity contribution in [2.24, 2.45) is 0 Å². The van der Waals surface area contributed by atoms with Gasteiger partial charge in [0, 0.05) is 12.5 Å². The normalized spacial score (nSPS) is 13.4. The number of benzene rings is 2. The summed E-state index contributed by atoms with van der Waals surface area (Å²) in [7, 11) is -4.42. The van der Waals surface area contributed by atoms with Crippen molar-refractivity contribution >= 4 is 27.6 Å². The largest absolute Gasteiger partial charge is 0.430 e. The summed E-state index contributed by atoms with van der Waals surface area (Å²) in [5, 5.41) is 13.7. The van der Waals surface area contributed by atoms with Crippen LogP contribution in [0, 0.1) is 10.1 Å². The van der Waals surface area contributed by atoms with Crippen molar-refractivity contribution < 1.29 is 27.7 Å². The van der Waals surface area contributed by atoms with Gasteiger partial charge in [-0.1, -0.05) is 63.7 Å². The topological polar surface area (TPSA) is 145 Å². The summed E-state index contributed by atoms with van der Waals surface area (Å²) in [6, 6.07) is 9.85. The van der Waals surface area contributed by atoms with Gasteiger partial charge in [-0.3, -0.25) is 14.9 Å². The van der Waals surface area contributed by atoms with E-state index in [0.29, 0.717) is 0 Å². The molecule has 0 saturated heterocycles. The van der Waals surface area contributed by atoms with E-state index in [2.05, 4.69) is 37.4 Å². The Morgan fingerprint density at radius 2 is 1.69 bits per heavy atom. The van der Waals surface area contributed by atoms with E-state index in [-0.39, 0.29) is 17.6 Å². The molecule has 2 aromatic rings. The second-order valence-electron chi connectivity index (χ2n) is 9.40. The van der Waals surface area contributed by atoms with Crippen molar-refractivity contribution in [2.45, 2.75) is 63.4 Å². The van der Waals surface area contributed by atoms with Gasteiger partial charge in [-0.15, -0.1) is 0 Å². The van der Waals surface area contributed by atoms with Crippen molar-refractivity contribution in [3.8, 4) is 0 Å². The maximum atomic E-state index is 12.8. The number of carbonyl (C=O) groups excluding carboxylic acids is 2. The summed E-state index contributed by atoms with van der Waals surface area (Å²) >= 11 is 0. The molecule has 0 aromatic heterocycles. The van der Waals surface area contributed by atoms with Crippen LogP contribution in [0.15, 0.2) is 65.8 Å². The molecule has 0 aliphatic carbocycles. The Bertz CT molecular complexity index is 1250. The van der Waals surface area contributed by atoms with Gasteiger partial charge in [0.1, 0.15) is 6.04 Å². The van der Waals surface area contributed by atoms with E-state index in [0.717, 1.165) is 23.3 Å². The fourth-order valence-corrected chi connectivity index (χ4v) is 4.67. The van der Waals surface area contributed by atoms with E-state index in [9.17, 15) is 28.1 Å². The Morgan fingerprint density at radius 3 is 2.22 bits per heavy atom. The van der Waals surface area contributed by atoms with Crippen LogP contribution >= 0.6 is 0 Å². The van der Waals surface area contributed by atoms with Crippen molar-refractivity contribution in [2.75, 3.05) is 0 Å². The molecular formula is C25H31N3O7S. The molecule has 11 heteroatoms. The molecule has 2 N–H and O–H groups in total. The zero-order valence-corrected chi connectivity index (χ0v) is 21.7. The lowest BCUT2D eigenvalue weighted by Crippen LogP contribution is -2.51. The highest BCUT2D eigenvalue weighted by molar-refractivity contribution is 7.89. The third-order valence-electron chi connectivity index (χ3n) is 5.21. The lowest BCUT2D eigenvalue weighted by Gasteiger charge is -2.22. The number of esters is 1. The van der Waals surface area contributed by atoms with Crippen LogP contribution in [0.3, 0.4) is 0 Å². The number of hydrogen-bond acceptors (Lipinski definition) is 7. The third kappa shape index (κ3) is 7.72. The highest BCUT2D eigenvalue weighted by Gasteiger charge is 2.31. The Balaban J connectivity index is 2.22. The Morgan fingerprint density at radius 1 is 1.11 bits per heavy atom. The predicted molar refractivity (Wildman–Crippen MR) is 135 cm³/mol. The number of rotatable bonds is 10. The molecule has 194 valence electrons. The molecule has 1 amide bonds. The monoisotopic (exact) mass is 517 g/mol. The van der Waals surface area contributed by atoms with Gasteiger partial charge in [-0.2, -0.15) is 4.72 Å². The summed E-state index contributed by atoms with van der Waals surface area (Å²) < 4.78 is 32.7. The van der Waals surface area contributed by atoms with E-state index in [1.807, 2.05) is 24.3 Å². The van der Waals surface area contributed by atoms with E-state index in [4.69, 9.17) is 4.74 Å². The van der Waals surface area contributed by atoms with Gasteiger partial charge in [0.25, 0.3) is 5.69 Å². The van der Waals surface area contributed by atoms with Crippen molar-refractivity contribution in [3.63, 3.8) is 0 Å². The summed E-state index contributed by atoms with van der Waals surface area (Å²) in [4.78, 5) is 35.3. The van der Waals surface area contributed by atoms with E-state index < -0.39 is 49.5 Å². The summed E-state index contributed by atoms with van der Waals surface area (Å²) in [5.74, 6) is -1.44. The third-order valence-corrected chi connectivity index (χ3v) is 6.80. The first kappa shape index (κ1) is 28.7. The fraction of sp³-hybridized carbons (Fsp3) is 0.360. The highest BCUT2D eigenvalue weighted by Crippen LogP contribution is 2.24. The average molecular weight is 518 g/mol. The summed E-state index contributed by atoms with van der Waals surface area (Å²) in [6.45, 7) is 12.5. The molecule has 2 rings (SSSR count). The minimum absolute atomic E-state index is 0.0640. The van der Waals surface area contributed by atoms with E-state index in [1.165, 1.54) is 26.0 Å². The quantitative estimate of drug-likeness (QED) is 0.213. The Kier molecular flexibility index (Phi) is 9.11. The van der Waals surface area contributed by atoms with Crippen LogP contribution < -0.4 is 10.0 Å². The van der Waals surface area contributed by atoms with Crippen LogP contribution in [0.2, 0.25) is 0 Å². The maximum Gasteiger partial charge on any atom is 0.334 e. The number of ether oxygens (including phenoxy) is 1. The number of hydrogen-bond donors (Lipinski definition) is 2. The van der Waals surface area contributed by atoms with Crippen LogP contribution in [0.5, 0.6) is 0 Å². The molecule has 0 saturated carbocycles. The molecule has 2 atom stereocenters. The van der Waals surface area contributed by atoms with Crippen molar-refractivity contribution in [1.29, 1.82) is 0 Å². The highest BCUT2D eigenvalue weighted by atomic mass is 32.2. The van der Waals surface area contributed by atoms with Gasteiger partial charge < -0.3 is 10.1 Å². The molecule has 2 aromatic carbocycles. The fourth-order valence-electron chi connectivity index (χ4n) is 3.29. The van der Waals surface area contributed by atoms with Crippen molar-refractivity contribution in [1.82, 2.24) is 10.0 Å². The molecule has 0 aliphatic heterocycles. The first-order valence-electron chi connectivity index (χ1n) is 11.1. The zero-order valence-electron chi connectivity index (χ0n) is 20.9. The van der Waals surface area contributed by atoms with Crippen LogP contribution in [0.4, 0.5) is 5.69 Å². The number of para-hydroxylation sites is 1. The van der Waals surface area contributed by atoms with Gasteiger partial charge in [0.2, 0.25) is 15.9 Å². The van der Waals surface area contributed by atoms with Gasteiger partial charge >= 0.3 is 5.97 Å². The lowest BCUT2D eigenvalue weighted by molar-refractivity contribution is -0.387. The summed E-state index contributed by atoms with van der Waals surface area (Å²) in [6.07, 6.45) is 0.0892. The van der Waals surface area contributed by atoms with Crippen LogP contribution in [0.25, 0.3) is 0 Å². The first-order chi connectivity index (χ1) is 16.6. The number of nitrogens with zero attached hydrogens (tertiary/aromatic N) is 1. The van der Waals surface area contributed by atoms with E-state index in [1.54, 1.807) is 0 Å². The number of nitro benzene ring substituents is 1. The SMILES string of the molecule is C=C(C)OC(=O)[C@H](Cc1ccc(C(C)(C)C)cc1)NC(=O)[C@H](C)NS(=O)(=O)c1ccccc1[N+](=O)[O-]. The number of allylic oxidation sites excluding steroid dienone is 1. The molecule has 0 radical (unpaired) electrons. The smallest absolute Gasteiger partial charge is 0.334 e. The molecule has 36 heavy (non-hydrogen) atoms. The van der Waals surface area contributed by atoms with E-state index >= 15 is 0 Å². The van der Waals surface area contributed by atoms with Crippen molar-refractivity contribution in [3.05, 3.63) is 82.1 Å². The Labute approximate surface area is 210 Å².